The number of hydrogen-bond donors (Lipinski definition) is 0. The van der Waals surface area contributed by atoms with E-state index in [1.54, 1.807) is 12.3 Å². The van der Waals surface area contributed by atoms with Crippen LogP contribution in [0.1, 0.15) is 17.3 Å². The topological polar surface area (TPSA) is 70.1 Å². The molecule has 22 heavy (non-hydrogen) atoms. The molecule has 7 heteroatoms. The van der Waals surface area contributed by atoms with Gasteiger partial charge in [0.2, 0.25) is 0 Å². The van der Waals surface area contributed by atoms with E-state index in [-0.39, 0.29) is 0 Å². The largest absolute Gasteiger partial charge is 0.354 e. The Balaban J connectivity index is 1.59. The van der Waals surface area contributed by atoms with E-state index < -0.39 is 0 Å². The van der Waals surface area contributed by atoms with Crippen LogP contribution in [-0.4, -0.2) is 32.7 Å². The molecule has 0 aromatic carbocycles. The summed E-state index contributed by atoms with van der Waals surface area (Å²) in [5.74, 6) is 1.99. The summed E-state index contributed by atoms with van der Waals surface area (Å²) < 4.78 is 2.83. The van der Waals surface area contributed by atoms with Gasteiger partial charge in [-0.1, -0.05) is 6.07 Å². The number of rotatable bonds is 2. The third-order valence-electron chi connectivity index (χ3n) is 3.84. The number of halogens is 1. The van der Waals surface area contributed by atoms with Gasteiger partial charge in [0.05, 0.1) is 11.5 Å². The Morgan fingerprint density at radius 3 is 2.95 bits per heavy atom. The van der Waals surface area contributed by atoms with Gasteiger partial charge in [-0.25, -0.2) is 4.98 Å². The predicted molar refractivity (Wildman–Crippen MR) is 84.6 cm³/mol. The van der Waals surface area contributed by atoms with Crippen molar-refractivity contribution in [1.29, 1.82) is 5.26 Å². The van der Waals surface area contributed by atoms with Crippen molar-refractivity contribution in [3.05, 3.63) is 52.5 Å². The van der Waals surface area contributed by atoms with E-state index in [2.05, 4.69) is 42.1 Å². The lowest BCUT2D eigenvalue weighted by Gasteiger charge is -2.39. The molecule has 6 nitrogen and oxygen atoms in total. The molecule has 0 unspecified atom stereocenters. The third kappa shape index (κ3) is 2.04. The van der Waals surface area contributed by atoms with E-state index in [1.165, 1.54) is 0 Å². The van der Waals surface area contributed by atoms with Gasteiger partial charge in [-0.2, -0.15) is 5.26 Å². The standard InChI is InChI=1S/C15H11BrN6/c16-12-5-10(6-17)14(18-7-12)21-8-11(9-21)15-20-19-13-3-1-2-4-22(13)15/h1-5,7,11H,8-9H2. The van der Waals surface area contributed by atoms with Gasteiger partial charge in [0.25, 0.3) is 0 Å². The molecule has 0 bridgehead atoms. The highest BCUT2D eigenvalue weighted by atomic mass is 79.9. The van der Waals surface area contributed by atoms with Gasteiger partial charge >= 0.3 is 0 Å². The molecule has 0 aliphatic carbocycles. The summed E-state index contributed by atoms with van der Waals surface area (Å²) in [7, 11) is 0. The number of pyridine rings is 2. The van der Waals surface area contributed by atoms with Crippen LogP contribution in [0.15, 0.2) is 41.1 Å². The maximum atomic E-state index is 9.24. The molecule has 1 aliphatic rings. The Kier molecular flexibility index (Phi) is 3.05. The first-order valence-corrected chi connectivity index (χ1v) is 7.66. The van der Waals surface area contributed by atoms with Gasteiger partial charge in [0, 0.05) is 30.0 Å². The van der Waals surface area contributed by atoms with Crippen LogP contribution in [0.5, 0.6) is 0 Å². The minimum atomic E-state index is 0.300. The molecule has 1 fully saturated rings. The molecule has 1 aliphatic heterocycles. The molecule has 4 heterocycles. The lowest BCUT2D eigenvalue weighted by Crippen LogP contribution is -2.46. The molecule has 0 radical (unpaired) electrons. The third-order valence-corrected chi connectivity index (χ3v) is 4.27. The average molecular weight is 355 g/mol. The van der Waals surface area contributed by atoms with Crippen LogP contribution in [0.25, 0.3) is 5.65 Å². The zero-order chi connectivity index (χ0) is 15.1. The second kappa shape index (κ2) is 5.07. The molecule has 0 amide bonds. The van der Waals surface area contributed by atoms with Gasteiger partial charge < -0.3 is 4.90 Å². The van der Waals surface area contributed by atoms with Crippen molar-refractivity contribution in [2.45, 2.75) is 5.92 Å². The van der Waals surface area contributed by atoms with Crippen molar-refractivity contribution >= 4 is 27.4 Å². The first-order chi connectivity index (χ1) is 10.8. The summed E-state index contributed by atoms with van der Waals surface area (Å²) in [5.41, 5.74) is 1.44. The second-order valence-corrected chi connectivity index (χ2v) is 6.14. The Bertz CT molecular complexity index is 890. The van der Waals surface area contributed by atoms with Crippen molar-refractivity contribution in [3.8, 4) is 6.07 Å². The number of fused-ring (bicyclic) bond motifs is 1. The number of hydrogen-bond acceptors (Lipinski definition) is 5. The molecular weight excluding hydrogens is 344 g/mol. The fourth-order valence-electron chi connectivity index (χ4n) is 2.72. The van der Waals surface area contributed by atoms with Crippen LogP contribution in [0, 0.1) is 11.3 Å². The van der Waals surface area contributed by atoms with Crippen LogP contribution < -0.4 is 4.90 Å². The molecule has 1 saturated heterocycles. The summed E-state index contributed by atoms with van der Waals surface area (Å²) in [6, 6.07) is 9.86. The van der Waals surface area contributed by atoms with Crippen molar-refractivity contribution in [1.82, 2.24) is 19.6 Å². The van der Waals surface area contributed by atoms with Crippen LogP contribution >= 0.6 is 15.9 Å². The number of anilines is 1. The molecule has 4 rings (SSSR count). The predicted octanol–water partition coefficient (Wildman–Crippen LogP) is 2.36. The first-order valence-electron chi connectivity index (χ1n) is 6.86. The van der Waals surface area contributed by atoms with Gasteiger partial charge in [-0.15, -0.1) is 10.2 Å². The molecular formula is C15H11BrN6. The molecule has 0 spiro atoms. The van der Waals surface area contributed by atoms with E-state index in [9.17, 15) is 5.26 Å². The zero-order valence-corrected chi connectivity index (χ0v) is 13.1. The summed E-state index contributed by atoms with van der Waals surface area (Å²) in [6.07, 6.45) is 3.70. The molecule has 3 aromatic heterocycles. The van der Waals surface area contributed by atoms with Gasteiger partial charge in [0.1, 0.15) is 17.7 Å². The second-order valence-electron chi connectivity index (χ2n) is 5.23. The number of aromatic nitrogens is 4. The van der Waals surface area contributed by atoms with Crippen molar-refractivity contribution in [2.75, 3.05) is 18.0 Å². The Hall–Kier alpha value is -2.46. The lowest BCUT2D eigenvalue weighted by atomic mass is 9.98. The highest BCUT2D eigenvalue weighted by Gasteiger charge is 2.33. The summed E-state index contributed by atoms with van der Waals surface area (Å²) in [4.78, 5) is 6.46. The van der Waals surface area contributed by atoms with E-state index in [4.69, 9.17) is 0 Å². The summed E-state index contributed by atoms with van der Waals surface area (Å²) in [5, 5.41) is 17.7. The molecule has 108 valence electrons. The van der Waals surface area contributed by atoms with Crippen LogP contribution in [0.4, 0.5) is 5.82 Å². The van der Waals surface area contributed by atoms with E-state index in [0.717, 1.165) is 34.9 Å². The maximum Gasteiger partial charge on any atom is 0.160 e. The van der Waals surface area contributed by atoms with E-state index in [1.807, 2.05) is 28.8 Å². The smallest absolute Gasteiger partial charge is 0.160 e. The minimum Gasteiger partial charge on any atom is -0.354 e. The highest BCUT2D eigenvalue weighted by Crippen LogP contribution is 2.32. The zero-order valence-electron chi connectivity index (χ0n) is 11.5. The lowest BCUT2D eigenvalue weighted by molar-refractivity contribution is 0.492. The monoisotopic (exact) mass is 354 g/mol. The van der Waals surface area contributed by atoms with Gasteiger partial charge in [0.15, 0.2) is 5.65 Å². The minimum absolute atomic E-state index is 0.300. The van der Waals surface area contributed by atoms with Crippen LogP contribution in [0.2, 0.25) is 0 Å². The molecule has 0 N–H and O–H groups in total. The van der Waals surface area contributed by atoms with E-state index >= 15 is 0 Å². The Morgan fingerprint density at radius 1 is 1.27 bits per heavy atom. The molecule has 3 aromatic rings. The van der Waals surface area contributed by atoms with Crippen LogP contribution in [-0.2, 0) is 0 Å². The fourth-order valence-corrected chi connectivity index (χ4v) is 3.05. The van der Waals surface area contributed by atoms with Gasteiger partial charge in [-0.05, 0) is 34.1 Å². The Morgan fingerprint density at radius 2 is 2.14 bits per heavy atom. The van der Waals surface area contributed by atoms with Crippen molar-refractivity contribution < 1.29 is 0 Å². The summed E-state index contributed by atoms with van der Waals surface area (Å²) >= 11 is 3.34. The Labute approximate surface area is 135 Å². The average Bonchev–Trinajstić information content (AvgIpc) is 2.91. The highest BCUT2D eigenvalue weighted by molar-refractivity contribution is 9.10. The van der Waals surface area contributed by atoms with Crippen LogP contribution in [0.3, 0.4) is 0 Å². The van der Waals surface area contributed by atoms with E-state index in [0.29, 0.717) is 11.5 Å². The molecule has 0 saturated carbocycles. The fraction of sp³-hybridized carbons (Fsp3) is 0.200. The van der Waals surface area contributed by atoms with Gasteiger partial charge in [-0.3, -0.25) is 4.40 Å². The number of nitriles is 1. The molecule has 0 atom stereocenters. The maximum absolute atomic E-state index is 9.24. The summed E-state index contributed by atoms with van der Waals surface area (Å²) in [6.45, 7) is 1.58. The van der Waals surface area contributed by atoms with Crippen molar-refractivity contribution in [2.24, 2.45) is 0 Å². The number of nitrogens with zero attached hydrogens (tertiary/aromatic N) is 6. The first kappa shape index (κ1) is 13.2. The van der Waals surface area contributed by atoms with Crippen molar-refractivity contribution in [3.63, 3.8) is 0 Å². The quantitative estimate of drug-likeness (QED) is 0.706. The SMILES string of the molecule is N#Cc1cc(Br)cnc1N1CC(c2nnc3ccccn23)C1. The normalized spacial score (nSPS) is 14.8.